The Hall–Kier alpha value is -3.48. The van der Waals surface area contributed by atoms with E-state index >= 15 is 0 Å². The van der Waals surface area contributed by atoms with Gasteiger partial charge >= 0.3 is 0 Å². The number of nitrogens with zero attached hydrogens (tertiary/aromatic N) is 2. The predicted molar refractivity (Wildman–Crippen MR) is 126 cm³/mol. The van der Waals surface area contributed by atoms with Crippen LogP contribution in [0.5, 0.6) is 0 Å². The van der Waals surface area contributed by atoms with E-state index in [0.29, 0.717) is 16.3 Å². The van der Waals surface area contributed by atoms with E-state index in [1.54, 1.807) is 42.3 Å². The topological polar surface area (TPSA) is 57.7 Å². The van der Waals surface area contributed by atoms with E-state index in [0.717, 1.165) is 16.8 Å². The molecule has 0 aliphatic carbocycles. The number of carbonyl (C=O) groups is 1. The standard InChI is InChI=1S/C26H22N2O3S/c1-27-23-15-16-24(21-13-8-14-22(25(21)23)26(27)29)32(30,31)28(17-19-9-4-2-5-10-19)18-20-11-6-3-7-12-20/h2-16H,17-18H2,1H3. The molecule has 0 saturated heterocycles. The molecule has 32 heavy (non-hydrogen) atoms. The van der Waals surface area contributed by atoms with Gasteiger partial charge in [0, 0.05) is 36.5 Å². The van der Waals surface area contributed by atoms with Crippen LogP contribution in [0.4, 0.5) is 5.69 Å². The highest BCUT2D eigenvalue weighted by molar-refractivity contribution is 7.89. The van der Waals surface area contributed by atoms with E-state index < -0.39 is 10.0 Å². The van der Waals surface area contributed by atoms with Crippen molar-refractivity contribution < 1.29 is 13.2 Å². The first kappa shape index (κ1) is 20.4. The third-order valence-corrected chi connectivity index (χ3v) is 7.75. The van der Waals surface area contributed by atoms with E-state index in [1.807, 2.05) is 60.7 Å². The molecule has 160 valence electrons. The first-order valence-electron chi connectivity index (χ1n) is 10.4. The van der Waals surface area contributed by atoms with Gasteiger partial charge < -0.3 is 4.90 Å². The SMILES string of the molecule is CN1C(=O)c2cccc3c(S(=O)(=O)N(Cc4ccccc4)Cc4ccccc4)ccc1c23. The van der Waals surface area contributed by atoms with Crippen LogP contribution >= 0.6 is 0 Å². The molecule has 1 amide bonds. The van der Waals surface area contributed by atoms with Crippen molar-refractivity contribution in [2.24, 2.45) is 0 Å². The van der Waals surface area contributed by atoms with Crippen molar-refractivity contribution in [2.75, 3.05) is 11.9 Å². The molecule has 0 aromatic heterocycles. The lowest BCUT2D eigenvalue weighted by Gasteiger charge is -2.24. The summed E-state index contributed by atoms with van der Waals surface area (Å²) in [6.45, 7) is 0.500. The quantitative estimate of drug-likeness (QED) is 0.430. The fourth-order valence-electron chi connectivity index (χ4n) is 4.27. The Labute approximate surface area is 187 Å². The first-order chi connectivity index (χ1) is 15.5. The molecular formula is C26H22N2O3S. The molecule has 0 atom stereocenters. The molecule has 6 heteroatoms. The number of anilines is 1. The van der Waals surface area contributed by atoms with Crippen LogP contribution < -0.4 is 4.90 Å². The van der Waals surface area contributed by atoms with Crippen molar-refractivity contribution in [1.82, 2.24) is 4.31 Å². The molecule has 0 N–H and O–H groups in total. The minimum Gasteiger partial charge on any atom is -0.311 e. The second kappa shape index (κ2) is 7.89. The molecule has 1 aliphatic heterocycles. The van der Waals surface area contributed by atoms with Crippen molar-refractivity contribution >= 4 is 32.4 Å². The molecule has 0 bridgehead atoms. The lowest BCUT2D eigenvalue weighted by Crippen LogP contribution is -2.30. The first-order valence-corrected chi connectivity index (χ1v) is 11.8. The Morgan fingerprint density at radius 1 is 0.750 bits per heavy atom. The van der Waals surface area contributed by atoms with Gasteiger partial charge in [0.05, 0.1) is 10.6 Å². The molecule has 5 rings (SSSR count). The van der Waals surface area contributed by atoms with E-state index in [-0.39, 0.29) is 23.9 Å². The Morgan fingerprint density at radius 3 is 1.94 bits per heavy atom. The van der Waals surface area contributed by atoms with Crippen LogP contribution in [-0.2, 0) is 23.1 Å². The second-order valence-corrected chi connectivity index (χ2v) is 9.83. The van der Waals surface area contributed by atoms with Crippen LogP contribution in [0.15, 0.2) is 95.9 Å². The maximum Gasteiger partial charge on any atom is 0.258 e. The summed E-state index contributed by atoms with van der Waals surface area (Å²) in [6.07, 6.45) is 0. The van der Waals surface area contributed by atoms with Gasteiger partial charge in [0.25, 0.3) is 5.91 Å². The van der Waals surface area contributed by atoms with Crippen molar-refractivity contribution in [3.05, 3.63) is 108 Å². The van der Waals surface area contributed by atoms with Crippen LogP contribution in [0.1, 0.15) is 21.5 Å². The van der Waals surface area contributed by atoms with Gasteiger partial charge in [0.15, 0.2) is 0 Å². The van der Waals surface area contributed by atoms with E-state index in [1.165, 1.54) is 4.31 Å². The third-order valence-electron chi connectivity index (χ3n) is 5.90. The Bertz CT molecular complexity index is 1380. The smallest absolute Gasteiger partial charge is 0.258 e. The number of sulfonamides is 1. The zero-order valence-electron chi connectivity index (χ0n) is 17.6. The predicted octanol–water partition coefficient (Wildman–Crippen LogP) is 4.82. The number of rotatable bonds is 6. The van der Waals surface area contributed by atoms with Crippen molar-refractivity contribution in [2.45, 2.75) is 18.0 Å². The number of hydrogen-bond acceptors (Lipinski definition) is 3. The van der Waals surface area contributed by atoms with Crippen LogP contribution in [-0.4, -0.2) is 25.7 Å². The molecule has 5 nitrogen and oxygen atoms in total. The molecule has 0 spiro atoms. The normalized spacial score (nSPS) is 13.3. The van der Waals surface area contributed by atoms with Crippen LogP contribution in [0.2, 0.25) is 0 Å². The van der Waals surface area contributed by atoms with E-state index in [2.05, 4.69) is 0 Å². The zero-order chi connectivity index (χ0) is 22.3. The van der Waals surface area contributed by atoms with Gasteiger partial charge in [0.1, 0.15) is 0 Å². The maximum absolute atomic E-state index is 14.0. The second-order valence-electron chi connectivity index (χ2n) is 7.92. The van der Waals surface area contributed by atoms with Crippen molar-refractivity contribution in [1.29, 1.82) is 0 Å². The average molecular weight is 443 g/mol. The van der Waals surface area contributed by atoms with Gasteiger partial charge in [0.2, 0.25) is 10.0 Å². The van der Waals surface area contributed by atoms with E-state index in [9.17, 15) is 13.2 Å². The fraction of sp³-hybridized carbons (Fsp3) is 0.115. The number of benzene rings is 4. The highest BCUT2D eigenvalue weighted by Gasteiger charge is 2.32. The average Bonchev–Trinajstić information content (AvgIpc) is 3.07. The minimum absolute atomic E-state index is 0.120. The summed E-state index contributed by atoms with van der Waals surface area (Å²) in [6, 6.07) is 27.8. The summed E-state index contributed by atoms with van der Waals surface area (Å²) in [5.41, 5.74) is 3.09. The van der Waals surface area contributed by atoms with Crippen LogP contribution in [0.25, 0.3) is 10.8 Å². The van der Waals surface area contributed by atoms with Gasteiger partial charge in [-0.2, -0.15) is 4.31 Å². The van der Waals surface area contributed by atoms with Gasteiger partial charge in [-0.1, -0.05) is 72.8 Å². The molecule has 1 aliphatic rings. The van der Waals surface area contributed by atoms with Gasteiger partial charge in [-0.15, -0.1) is 0 Å². The number of amides is 1. The monoisotopic (exact) mass is 442 g/mol. The lowest BCUT2D eigenvalue weighted by molar-refractivity contribution is 0.0999. The maximum atomic E-state index is 14.0. The summed E-state index contributed by atoms with van der Waals surface area (Å²) in [7, 11) is -2.15. The van der Waals surface area contributed by atoms with Crippen molar-refractivity contribution in [3.8, 4) is 0 Å². The zero-order valence-corrected chi connectivity index (χ0v) is 18.4. The summed E-state index contributed by atoms with van der Waals surface area (Å²) >= 11 is 0. The molecule has 4 aromatic rings. The van der Waals surface area contributed by atoms with Gasteiger partial charge in [-0.05, 0) is 29.3 Å². The molecule has 4 aromatic carbocycles. The Balaban J connectivity index is 1.65. The molecule has 0 fully saturated rings. The third kappa shape index (κ3) is 3.38. The summed E-state index contributed by atoms with van der Waals surface area (Å²) in [5.74, 6) is -0.120. The minimum atomic E-state index is -3.86. The summed E-state index contributed by atoms with van der Waals surface area (Å²) < 4.78 is 29.5. The number of carbonyl (C=O) groups excluding carboxylic acids is 1. The van der Waals surface area contributed by atoms with Crippen LogP contribution in [0.3, 0.4) is 0 Å². The molecular weight excluding hydrogens is 420 g/mol. The van der Waals surface area contributed by atoms with Crippen molar-refractivity contribution in [3.63, 3.8) is 0 Å². The van der Waals surface area contributed by atoms with Crippen LogP contribution in [0, 0.1) is 0 Å². The molecule has 0 saturated carbocycles. The summed E-state index contributed by atoms with van der Waals surface area (Å²) in [5, 5.41) is 1.27. The summed E-state index contributed by atoms with van der Waals surface area (Å²) in [4.78, 5) is 14.4. The number of hydrogen-bond donors (Lipinski definition) is 0. The molecule has 0 radical (unpaired) electrons. The Kier molecular flexibility index (Phi) is 5.04. The fourth-order valence-corrected chi connectivity index (χ4v) is 5.88. The molecule has 0 unspecified atom stereocenters. The largest absolute Gasteiger partial charge is 0.311 e. The molecule has 1 heterocycles. The highest BCUT2D eigenvalue weighted by atomic mass is 32.2. The van der Waals surface area contributed by atoms with E-state index in [4.69, 9.17) is 0 Å². The lowest BCUT2D eigenvalue weighted by atomic mass is 10.1. The Morgan fingerprint density at radius 2 is 1.34 bits per heavy atom. The van der Waals surface area contributed by atoms with Gasteiger partial charge in [-0.25, -0.2) is 8.42 Å². The van der Waals surface area contributed by atoms with Gasteiger partial charge in [-0.3, -0.25) is 4.79 Å². The highest BCUT2D eigenvalue weighted by Crippen LogP contribution is 2.40.